The molecule has 5 nitrogen and oxygen atoms in total. The predicted molar refractivity (Wildman–Crippen MR) is 71.7 cm³/mol. The van der Waals surface area contributed by atoms with Gasteiger partial charge in [0.2, 0.25) is 5.95 Å². The van der Waals surface area contributed by atoms with Gasteiger partial charge in [-0.2, -0.15) is 9.78 Å². The van der Waals surface area contributed by atoms with E-state index in [9.17, 15) is 0 Å². The average Bonchev–Trinajstić information content (AvgIpc) is 2.91. The van der Waals surface area contributed by atoms with Crippen LogP contribution in [-0.4, -0.2) is 19.7 Å². The van der Waals surface area contributed by atoms with Crippen LogP contribution in [0.3, 0.4) is 0 Å². The zero-order valence-corrected chi connectivity index (χ0v) is 10.4. The Morgan fingerprint density at radius 3 is 2.72 bits per heavy atom. The molecule has 92 valence electrons. The summed E-state index contributed by atoms with van der Waals surface area (Å²) in [6, 6.07) is 9.75. The van der Waals surface area contributed by atoms with Crippen LogP contribution >= 0.6 is 0 Å². The molecule has 0 atom stereocenters. The predicted octanol–water partition coefficient (Wildman–Crippen LogP) is 2.45. The molecule has 0 saturated heterocycles. The van der Waals surface area contributed by atoms with E-state index in [4.69, 9.17) is 5.73 Å². The molecule has 2 heterocycles. The lowest BCUT2D eigenvalue weighted by atomic mass is 10.1. The molecule has 0 saturated carbocycles. The number of hydrogen-bond donors (Lipinski definition) is 2. The molecule has 0 amide bonds. The zero-order chi connectivity index (χ0) is 12.7. The van der Waals surface area contributed by atoms with Crippen LogP contribution in [0.1, 0.15) is 25.5 Å². The van der Waals surface area contributed by atoms with Gasteiger partial charge in [-0.15, -0.1) is 0 Å². The summed E-state index contributed by atoms with van der Waals surface area (Å²) < 4.78 is 1.65. The number of para-hydroxylation sites is 2. The Kier molecular flexibility index (Phi) is 2.33. The minimum absolute atomic E-state index is 0.345. The summed E-state index contributed by atoms with van der Waals surface area (Å²) >= 11 is 0. The highest BCUT2D eigenvalue weighted by Crippen LogP contribution is 2.20. The first kappa shape index (κ1) is 10.8. The van der Waals surface area contributed by atoms with E-state index in [2.05, 4.69) is 28.9 Å². The first-order chi connectivity index (χ1) is 8.65. The van der Waals surface area contributed by atoms with Crippen molar-refractivity contribution in [2.24, 2.45) is 0 Å². The van der Waals surface area contributed by atoms with E-state index in [0.29, 0.717) is 17.7 Å². The molecular formula is C13H15N5. The van der Waals surface area contributed by atoms with Crippen LogP contribution in [0.2, 0.25) is 0 Å². The molecule has 5 heteroatoms. The maximum Gasteiger partial charge on any atom is 0.230 e. The standard InChI is InChI=1S/C13H15N5/c1-8(2)11-7-12(14)18(17-11)13-15-9-5-3-4-6-10(9)16-13/h3-8H,14H2,1-2H3,(H,15,16). The fraction of sp³-hybridized carbons (Fsp3) is 0.231. The molecule has 0 aliphatic rings. The van der Waals surface area contributed by atoms with Gasteiger partial charge in [-0.05, 0) is 18.1 Å². The summed E-state index contributed by atoms with van der Waals surface area (Å²) in [5.74, 6) is 1.59. The second-order valence-electron chi connectivity index (χ2n) is 4.64. The Hall–Kier alpha value is -2.30. The highest BCUT2D eigenvalue weighted by atomic mass is 15.4. The van der Waals surface area contributed by atoms with Crippen LogP contribution in [-0.2, 0) is 0 Å². The number of hydrogen-bond acceptors (Lipinski definition) is 3. The summed E-state index contributed by atoms with van der Waals surface area (Å²) in [4.78, 5) is 7.70. The number of rotatable bonds is 2. The van der Waals surface area contributed by atoms with Crippen LogP contribution in [0.15, 0.2) is 30.3 Å². The normalized spacial score (nSPS) is 11.5. The maximum atomic E-state index is 5.97. The molecule has 0 unspecified atom stereocenters. The first-order valence-electron chi connectivity index (χ1n) is 5.95. The molecule has 0 radical (unpaired) electrons. The molecule has 0 aliphatic carbocycles. The fourth-order valence-electron chi connectivity index (χ4n) is 1.91. The Bertz CT molecular complexity index is 659. The monoisotopic (exact) mass is 241 g/mol. The molecule has 3 rings (SSSR count). The number of aromatic amines is 1. The van der Waals surface area contributed by atoms with Crippen LogP contribution in [0.5, 0.6) is 0 Å². The lowest BCUT2D eigenvalue weighted by Gasteiger charge is -1.98. The van der Waals surface area contributed by atoms with Gasteiger partial charge in [-0.25, -0.2) is 4.98 Å². The molecular weight excluding hydrogens is 226 g/mol. The minimum Gasteiger partial charge on any atom is -0.383 e. The third-order valence-electron chi connectivity index (χ3n) is 2.92. The first-order valence-corrected chi connectivity index (χ1v) is 5.95. The summed E-state index contributed by atoms with van der Waals surface area (Å²) in [7, 11) is 0. The third-order valence-corrected chi connectivity index (χ3v) is 2.92. The Morgan fingerprint density at radius 2 is 2.06 bits per heavy atom. The van der Waals surface area contributed by atoms with Gasteiger partial charge < -0.3 is 10.7 Å². The van der Waals surface area contributed by atoms with Gasteiger partial charge in [-0.1, -0.05) is 26.0 Å². The number of aromatic nitrogens is 4. The van der Waals surface area contributed by atoms with E-state index in [1.165, 1.54) is 0 Å². The van der Waals surface area contributed by atoms with E-state index >= 15 is 0 Å². The summed E-state index contributed by atoms with van der Waals surface area (Å²) in [6.07, 6.45) is 0. The largest absolute Gasteiger partial charge is 0.383 e. The number of anilines is 1. The highest BCUT2D eigenvalue weighted by Gasteiger charge is 2.12. The number of H-pyrrole nitrogens is 1. The number of nitrogens with two attached hydrogens (primary N) is 1. The lowest BCUT2D eigenvalue weighted by Crippen LogP contribution is -2.03. The fourth-order valence-corrected chi connectivity index (χ4v) is 1.91. The van der Waals surface area contributed by atoms with Gasteiger partial charge in [0.25, 0.3) is 0 Å². The third kappa shape index (κ3) is 1.64. The molecule has 3 N–H and O–H groups in total. The number of imidazole rings is 1. The molecule has 1 aromatic carbocycles. The Morgan fingerprint density at radius 1 is 1.28 bits per heavy atom. The van der Waals surface area contributed by atoms with Crippen LogP contribution in [0.4, 0.5) is 5.82 Å². The molecule has 0 bridgehead atoms. The van der Waals surface area contributed by atoms with E-state index in [0.717, 1.165) is 16.7 Å². The van der Waals surface area contributed by atoms with Crippen LogP contribution < -0.4 is 5.73 Å². The number of benzene rings is 1. The van der Waals surface area contributed by atoms with Crippen LogP contribution in [0.25, 0.3) is 17.0 Å². The number of fused-ring (bicyclic) bond motifs is 1. The highest BCUT2D eigenvalue weighted by molar-refractivity contribution is 5.76. The smallest absolute Gasteiger partial charge is 0.230 e. The quantitative estimate of drug-likeness (QED) is 0.723. The number of nitrogen functional groups attached to an aromatic ring is 1. The minimum atomic E-state index is 0.345. The summed E-state index contributed by atoms with van der Waals surface area (Å²) in [5, 5.41) is 4.47. The van der Waals surface area contributed by atoms with Crippen molar-refractivity contribution in [3.63, 3.8) is 0 Å². The molecule has 0 spiro atoms. The van der Waals surface area contributed by atoms with E-state index in [1.54, 1.807) is 4.68 Å². The van der Waals surface area contributed by atoms with E-state index < -0.39 is 0 Å². The molecule has 3 aromatic rings. The maximum absolute atomic E-state index is 5.97. The Balaban J connectivity index is 2.13. The van der Waals surface area contributed by atoms with Crippen molar-refractivity contribution < 1.29 is 0 Å². The average molecular weight is 241 g/mol. The Labute approximate surface area is 105 Å². The SMILES string of the molecule is CC(C)c1cc(N)n(-c2nc3ccccc3[nH]2)n1. The van der Waals surface area contributed by atoms with Crippen molar-refractivity contribution in [2.45, 2.75) is 19.8 Å². The summed E-state index contributed by atoms with van der Waals surface area (Å²) in [6.45, 7) is 4.18. The van der Waals surface area contributed by atoms with Crippen molar-refractivity contribution in [3.8, 4) is 5.95 Å². The van der Waals surface area contributed by atoms with Gasteiger partial charge in [0.15, 0.2) is 0 Å². The van der Waals surface area contributed by atoms with Gasteiger partial charge >= 0.3 is 0 Å². The van der Waals surface area contributed by atoms with E-state index in [-0.39, 0.29) is 0 Å². The van der Waals surface area contributed by atoms with Crippen molar-refractivity contribution in [2.75, 3.05) is 5.73 Å². The van der Waals surface area contributed by atoms with Gasteiger partial charge in [0.05, 0.1) is 16.7 Å². The van der Waals surface area contributed by atoms with Crippen LogP contribution in [0, 0.1) is 0 Å². The van der Waals surface area contributed by atoms with Gasteiger partial charge in [0, 0.05) is 6.07 Å². The number of nitrogens with zero attached hydrogens (tertiary/aromatic N) is 3. The molecule has 0 aliphatic heterocycles. The lowest BCUT2D eigenvalue weighted by molar-refractivity contribution is 0.754. The van der Waals surface area contributed by atoms with Crippen molar-refractivity contribution in [1.29, 1.82) is 0 Å². The van der Waals surface area contributed by atoms with E-state index in [1.807, 2.05) is 30.3 Å². The topological polar surface area (TPSA) is 72.5 Å². The second-order valence-corrected chi connectivity index (χ2v) is 4.64. The molecule has 2 aromatic heterocycles. The molecule has 0 fully saturated rings. The van der Waals surface area contributed by atoms with Crippen molar-refractivity contribution in [1.82, 2.24) is 19.7 Å². The van der Waals surface area contributed by atoms with Gasteiger partial charge in [-0.3, -0.25) is 0 Å². The van der Waals surface area contributed by atoms with Gasteiger partial charge in [0.1, 0.15) is 5.82 Å². The van der Waals surface area contributed by atoms with Crippen molar-refractivity contribution >= 4 is 16.9 Å². The number of nitrogens with one attached hydrogen (secondary N) is 1. The zero-order valence-electron chi connectivity index (χ0n) is 10.4. The second kappa shape index (κ2) is 3.87. The summed E-state index contributed by atoms with van der Waals surface area (Å²) in [5.41, 5.74) is 8.83. The molecule has 18 heavy (non-hydrogen) atoms. The van der Waals surface area contributed by atoms with Crippen molar-refractivity contribution in [3.05, 3.63) is 36.0 Å².